The number of carboxylic acid groups (broad SMARTS) is 1. The number of carbonyl (C=O) groups excluding carboxylic acids is 1. The second-order valence-corrected chi connectivity index (χ2v) is 6.69. The number of rotatable bonds is 6. The van der Waals surface area contributed by atoms with Crippen LogP contribution in [0.5, 0.6) is 5.75 Å². The Morgan fingerprint density at radius 3 is 2.48 bits per heavy atom. The summed E-state index contributed by atoms with van der Waals surface area (Å²) < 4.78 is 11.1. The molecule has 0 bridgehead atoms. The van der Waals surface area contributed by atoms with E-state index in [9.17, 15) is 9.59 Å². The molecule has 0 saturated carbocycles. The van der Waals surface area contributed by atoms with E-state index >= 15 is 0 Å². The number of benzene rings is 2. The third-order valence-corrected chi connectivity index (χ3v) is 4.60. The lowest BCUT2D eigenvalue weighted by atomic mass is 10.0. The number of ether oxygens (including phenoxy) is 2. The van der Waals surface area contributed by atoms with E-state index in [0.29, 0.717) is 17.9 Å². The number of aryl methyl sites for hydroxylation is 2. The summed E-state index contributed by atoms with van der Waals surface area (Å²) in [5.74, 6) is -0.716. The van der Waals surface area contributed by atoms with Gasteiger partial charge in [0, 0.05) is 12.2 Å². The Balaban J connectivity index is 1.73. The molecule has 142 valence electrons. The number of carboxylic acids is 1. The molecule has 2 atom stereocenters. The van der Waals surface area contributed by atoms with Crippen molar-refractivity contribution in [3.05, 3.63) is 64.7 Å². The summed E-state index contributed by atoms with van der Waals surface area (Å²) in [6.45, 7) is 3.79. The van der Waals surface area contributed by atoms with Gasteiger partial charge in [0.1, 0.15) is 11.9 Å². The summed E-state index contributed by atoms with van der Waals surface area (Å²) in [6.07, 6.45) is 0.596. The quantitative estimate of drug-likeness (QED) is 0.818. The summed E-state index contributed by atoms with van der Waals surface area (Å²) in [4.78, 5) is 23.5. The molecule has 2 N–H and O–H groups in total. The van der Waals surface area contributed by atoms with Gasteiger partial charge in [-0.25, -0.2) is 4.79 Å². The van der Waals surface area contributed by atoms with E-state index < -0.39 is 12.6 Å². The van der Waals surface area contributed by atoms with Crippen LogP contribution in [0.4, 0.5) is 0 Å². The molecule has 2 aromatic rings. The number of nitrogens with one attached hydrogen (secondary N) is 1. The van der Waals surface area contributed by atoms with E-state index in [1.807, 2.05) is 30.3 Å². The molecule has 6 heteroatoms. The maximum Gasteiger partial charge on any atom is 0.341 e. The van der Waals surface area contributed by atoms with Crippen LogP contribution in [0.3, 0.4) is 0 Å². The summed E-state index contributed by atoms with van der Waals surface area (Å²) in [6, 6.07) is 13.2. The minimum absolute atomic E-state index is 0.0940. The fourth-order valence-electron chi connectivity index (χ4n) is 3.40. The molecule has 1 aliphatic heterocycles. The summed E-state index contributed by atoms with van der Waals surface area (Å²) in [7, 11) is 0. The molecule has 0 aliphatic carbocycles. The summed E-state index contributed by atoms with van der Waals surface area (Å²) in [5, 5.41) is 11.8. The first-order valence-electron chi connectivity index (χ1n) is 8.89. The summed E-state index contributed by atoms with van der Waals surface area (Å²) >= 11 is 0. The number of hydrogen-bond donors (Lipinski definition) is 2. The van der Waals surface area contributed by atoms with Gasteiger partial charge in [-0.15, -0.1) is 0 Å². The largest absolute Gasteiger partial charge is 0.481 e. The monoisotopic (exact) mass is 369 g/mol. The lowest BCUT2D eigenvalue weighted by Crippen LogP contribution is -2.36. The van der Waals surface area contributed by atoms with Gasteiger partial charge in [-0.2, -0.15) is 0 Å². The molecular formula is C21H23NO5. The van der Waals surface area contributed by atoms with Crippen molar-refractivity contribution in [2.45, 2.75) is 32.4 Å². The van der Waals surface area contributed by atoms with Crippen molar-refractivity contribution in [2.75, 3.05) is 13.2 Å². The first-order valence-corrected chi connectivity index (χ1v) is 8.89. The number of amides is 1. The third-order valence-electron chi connectivity index (χ3n) is 4.60. The van der Waals surface area contributed by atoms with Crippen molar-refractivity contribution in [1.82, 2.24) is 5.32 Å². The fourth-order valence-corrected chi connectivity index (χ4v) is 3.40. The van der Waals surface area contributed by atoms with Gasteiger partial charge in [0.25, 0.3) is 5.91 Å². The average Bonchev–Trinajstić information content (AvgIpc) is 3.09. The molecule has 1 heterocycles. The number of carbonyl (C=O) groups is 2. The van der Waals surface area contributed by atoms with Gasteiger partial charge in [0.05, 0.1) is 6.04 Å². The first-order chi connectivity index (χ1) is 13.0. The van der Waals surface area contributed by atoms with Crippen molar-refractivity contribution >= 4 is 11.9 Å². The lowest BCUT2D eigenvalue weighted by Gasteiger charge is -2.21. The van der Waals surface area contributed by atoms with Crippen LogP contribution in [0.25, 0.3) is 0 Å². The minimum atomic E-state index is -1.04. The predicted octanol–water partition coefficient (Wildman–Crippen LogP) is 3.03. The minimum Gasteiger partial charge on any atom is -0.481 e. The van der Waals surface area contributed by atoms with Gasteiger partial charge in [0.2, 0.25) is 0 Å². The predicted molar refractivity (Wildman–Crippen MR) is 100 cm³/mol. The third kappa shape index (κ3) is 4.46. The van der Waals surface area contributed by atoms with E-state index in [4.69, 9.17) is 14.6 Å². The number of aliphatic carboxylic acids is 1. The molecule has 0 radical (unpaired) electrons. The molecule has 0 spiro atoms. The molecule has 1 aliphatic rings. The van der Waals surface area contributed by atoms with Crippen molar-refractivity contribution in [3.63, 3.8) is 0 Å². The SMILES string of the molecule is Cc1cc(C(=O)NC2CCOC2c2ccccc2)cc(C)c1OCC(=O)O. The first kappa shape index (κ1) is 18.9. The highest BCUT2D eigenvalue weighted by Gasteiger charge is 2.31. The van der Waals surface area contributed by atoms with E-state index in [-0.39, 0.29) is 18.1 Å². The number of hydrogen-bond acceptors (Lipinski definition) is 4. The van der Waals surface area contributed by atoms with Crippen LogP contribution in [0.2, 0.25) is 0 Å². The van der Waals surface area contributed by atoms with E-state index in [2.05, 4.69) is 5.32 Å². The maximum atomic E-state index is 12.8. The highest BCUT2D eigenvalue weighted by molar-refractivity contribution is 5.95. The second kappa shape index (κ2) is 8.22. The van der Waals surface area contributed by atoms with E-state index in [1.54, 1.807) is 26.0 Å². The Labute approximate surface area is 158 Å². The van der Waals surface area contributed by atoms with E-state index in [1.165, 1.54) is 0 Å². The van der Waals surface area contributed by atoms with Crippen LogP contribution in [-0.2, 0) is 9.53 Å². The zero-order valence-corrected chi connectivity index (χ0v) is 15.4. The molecule has 1 fully saturated rings. The zero-order valence-electron chi connectivity index (χ0n) is 15.4. The Kier molecular flexibility index (Phi) is 5.76. The average molecular weight is 369 g/mol. The van der Waals surface area contributed by atoms with E-state index in [0.717, 1.165) is 23.1 Å². The van der Waals surface area contributed by atoms with Crippen LogP contribution in [0.1, 0.15) is 39.6 Å². The van der Waals surface area contributed by atoms with Gasteiger partial charge in [-0.3, -0.25) is 4.79 Å². The molecule has 0 aromatic heterocycles. The smallest absolute Gasteiger partial charge is 0.341 e. The topological polar surface area (TPSA) is 84.9 Å². The molecule has 2 aromatic carbocycles. The van der Waals surface area contributed by atoms with Gasteiger partial charge >= 0.3 is 5.97 Å². The van der Waals surface area contributed by atoms with Crippen LogP contribution in [0.15, 0.2) is 42.5 Å². The fraction of sp³-hybridized carbons (Fsp3) is 0.333. The molecule has 1 saturated heterocycles. The highest BCUT2D eigenvalue weighted by atomic mass is 16.5. The van der Waals surface area contributed by atoms with Crippen LogP contribution >= 0.6 is 0 Å². The van der Waals surface area contributed by atoms with Crippen molar-refractivity contribution in [1.29, 1.82) is 0 Å². The normalized spacial score (nSPS) is 18.9. The van der Waals surface area contributed by atoms with Gasteiger partial charge in [-0.05, 0) is 49.1 Å². The highest BCUT2D eigenvalue weighted by Crippen LogP contribution is 2.30. The van der Waals surface area contributed by atoms with Crippen LogP contribution in [0, 0.1) is 13.8 Å². The van der Waals surface area contributed by atoms with Crippen LogP contribution < -0.4 is 10.1 Å². The Hall–Kier alpha value is -2.86. The standard InChI is InChI=1S/C21H23NO5/c1-13-10-16(11-14(2)19(13)27-12-18(23)24)21(25)22-17-8-9-26-20(17)15-6-4-3-5-7-15/h3-7,10-11,17,20H,8-9,12H2,1-2H3,(H,22,25)(H,23,24). The molecule has 27 heavy (non-hydrogen) atoms. The molecule has 1 amide bonds. The Morgan fingerprint density at radius 2 is 1.85 bits per heavy atom. The van der Waals surface area contributed by atoms with Gasteiger partial charge in [0.15, 0.2) is 6.61 Å². The Bertz CT molecular complexity index is 811. The van der Waals surface area contributed by atoms with Gasteiger partial charge < -0.3 is 19.9 Å². The molecule has 6 nitrogen and oxygen atoms in total. The molecular weight excluding hydrogens is 346 g/mol. The zero-order chi connectivity index (χ0) is 19.4. The molecule has 3 rings (SSSR count). The lowest BCUT2D eigenvalue weighted by molar-refractivity contribution is -0.139. The van der Waals surface area contributed by atoms with Crippen molar-refractivity contribution in [2.24, 2.45) is 0 Å². The molecule has 2 unspecified atom stereocenters. The maximum absolute atomic E-state index is 12.8. The Morgan fingerprint density at radius 1 is 1.19 bits per heavy atom. The summed E-state index contributed by atoms with van der Waals surface area (Å²) in [5.41, 5.74) is 3.02. The van der Waals surface area contributed by atoms with Crippen molar-refractivity contribution in [3.8, 4) is 5.75 Å². The van der Waals surface area contributed by atoms with Gasteiger partial charge in [-0.1, -0.05) is 30.3 Å². The second-order valence-electron chi connectivity index (χ2n) is 6.69. The van der Waals surface area contributed by atoms with Crippen LogP contribution in [-0.4, -0.2) is 36.2 Å². The van der Waals surface area contributed by atoms with Crippen molar-refractivity contribution < 1.29 is 24.2 Å².